The fourth-order valence-corrected chi connectivity index (χ4v) is 2.87. The molecular weight excluding hydrogens is 302 g/mol. The van der Waals surface area contributed by atoms with Gasteiger partial charge < -0.3 is 0 Å². The molecule has 0 aliphatic heterocycles. The first-order chi connectivity index (χ1) is 10.2. The first-order valence-electron chi connectivity index (χ1n) is 7.04. The van der Waals surface area contributed by atoms with Gasteiger partial charge in [-0.05, 0) is 25.5 Å². The van der Waals surface area contributed by atoms with Crippen LogP contribution in [-0.4, -0.2) is 34.4 Å². The van der Waals surface area contributed by atoms with Gasteiger partial charge in [0, 0.05) is 18.3 Å². The number of nitrogens with zero attached hydrogens (tertiary/aromatic N) is 4. The highest BCUT2D eigenvalue weighted by Crippen LogP contribution is 2.21. The summed E-state index contributed by atoms with van der Waals surface area (Å²) in [6, 6.07) is 1.35. The summed E-state index contributed by atoms with van der Waals surface area (Å²) in [6.07, 6.45) is 4.55. The minimum atomic E-state index is -3.34. The maximum atomic E-state index is 11.5. The molecule has 0 saturated carbocycles. The molecular formula is C14H21N5O2S. The van der Waals surface area contributed by atoms with Crippen molar-refractivity contribution < 1.29 is 8.42 Å². The topological polar surface area (TPSA) is 89.8 Å². The SMILES string of the molecule is Cc1cnccc1-n1nc(C(C)C)nc1C(C)NS(C)(=O)=O. The smallest absolute Gasteiger partial charge is 0.209 e. The van der Waals surface area contributed by atoms with Gasteiger partial charge in [-0.2, -0.15) is 5.10 Å². The minimum Gasteiger partial charge on any atom is -0.264 e. The molecule has 2 rings (SSSR count). The molecule has 2 heterocycles. The van der Waals surface area contributed by atoms with Crippen LogP contribution >= 0.6 is 0 Å². The fourth-order valence-electron chi connectivity index (χ4n) is 2.12. The number of aryl methyl sites for hydroxylation is 1. The highest BCUT2D eigenvalue weighted by molar-refractivity contribution is 7.88. The van der Waals surface area contributed by atoms with Crippen LogP contribution in [0.15, 0.2) is 18.5 Å². The Morgan fingerprint density at radius 3 is 2.50 bits per heavy atom. The Balaban J connectivity index is 2.55. The van der Waals surface area contributed by atoms with Crippen molar-refractivity contribution >= 4 is 10.0 Å². The predicted octanol–water partition coefficient (Wildman–Crippen LogP) is 1.70. The molecule has 0 fully saturated rings. The predicted molar refractivity (Wildman–Crippen MR) is 84.4 cm³/mol. The van der Waals surface area contributed by atoms with Crippen LogP contribution < -0.4 is 4.72 Å². The lowest BCUT2D eigenvalue weighted by atomic mass is 10.2. The summed E-state index contributed by atoms with van der Waals surface area (Å²) in [6.45, 7) is 7.68. The quantitative estimate of drug-likeness (QED) is 0.904. The monoisotopic (exact) mass is 323 g/mol. The van der Waals surface area contributed by atoms with Crippen LogP contribution in [0.2, 0.25) is 0 Å². The normalized spacial score (nSPS) is 13.5. The molecule has 2 aromatic heterocycles. The highest BCUT2D eigenvalue weighted by atomic mass is 32.2. The fraction of sp³-hybridized carbons (Fsp3) is 0.500. The third-order valence-electron chi connectivity index (χ3n) is 3.16. The number of aromatic nitrogens is 4. The summed E-state index contributed by atoms with van der Waals surface area (Å²) in [4.78, 5) is 8.59. The van der Waals surface area contributed by atoms with E-state index < -0.39 is 16.1 Å². The molecule has 7 nitrogen and oxygen atoms in total. The van der Waals surface area contributed by atoms with Gasteiger partial charge in [0.05, 0.1) is 18.0 Å². The maximum Gasteiger partial charge on any atom is 0.209 e. The van der Waals surface area contributed by atoms with Gasteiger partial charge in [0.25, 0.3) is 0 Å². The van der Waals surface area contributed by atoms with Crippen LogP contribution in [0.3, 0.4) is 0 Å². The summed E-state index contributed by atoms with van der Waals surface area (Å²) >= 11 is 0. The summed E-state index contributed by atoms with van der Waals surface area (Å²) < 4.78 is 27.2. The van der Waals surface area contributed by atoms with Crippen LogP contribution in [0.4, 0.5) is 0 Å². The molecule has 0 saturated heterocycles. The molecule has 0 bridgehead atoms. The van der Waals surface area contributed by atoms with Crippen molar-refractivity contribution in [2.75, 3.05) is 6.26 Å². The zero-order valence-corrected chi connectivity index (χ0v) is 14.2. The van der Waals surface area contributed by atoms with Crippen molar-refractivity contribution in [3.05, 3.63) is 35.7 Å². The Morgan fingerprint density at radius 2 is 1.95 bits per heavy atom. The largest absolute Gasteiger partial charge is 0.264 e. The molecule has 0 spiro atoms. The Hall–Kier alpha value is -1.80. The molecule has 120 valence electrons. The van der Waals surface area contributed by atoms with Crippen molar-refractivity contribution in [1.29, 1.82) is 0 Å². The van der Waals surface area contributed by atoms with Crippen molar-refractivity contribution in [1.82, 2.24) is 24.5 Å². The molecule has 22 heavy (non-hydrogen) atoms. The molecule has 0 aliphatic carbocycles. The number of hydrogen-bond donors (Lipinski definition) is 1. The van der Waals surface area contributed by atoms with Crippen molar-refractivity contribution in [2.24, 2.45) is 0 Å². The van der Waals surface area contributed by atoms with Gasteiger partial charge in [-0.25, -0.2) is 22.8 Å². The van der Waals surface area contributed by atoms with Gasteiger partial charge in [-0.1, -0.05) is 13.8 Å². The van der Waals surface area contributed by atoms with Crippen LogP contribution in [0.25, 0.3) is 5.69 Å². The third-order valence-corrected chi connectivity index (χ3v) is 3.94. The molecule has 2 aromatic rings. The van der Waals surface area contributed by atoms with Crippen LogP contribution in [-0.2, 0) is 10.0 Å². The van der Waals surface area contributed by atoms with Gasteiger partial charge in [0.2, 0.25) is 10.0 Å². The Morgan fingerprint density at radius 1 is 1.27 bits per heavy atom. The third kappa shape index (κ3) is 3.69. The van der Waals surface area contributed by atoms with E-state index in [1.807, 2.05) is 26.8 Å². The molecule has 8 heteroatoms. The van der Waals surface area contributed by atoms with E-state index >= 15 is 0 Å². The maximum absolute atomic E-state index is 11.5. The lowest BCUT2D eigenvalue weighted by Crippen LogP contribution is -2.27. The molecule has 1 N–H and O–H groups in total. The van der Waals surface area contributed by atoms with E-state index in [0.717, 1.165) is 17.5 Å². The van der Waals surface area contributed by atoms with Crippen LogP contribution in [0.5, 0.6) is 0 Å². The number of rotatable bonds is 5. The van der Waals surface area contributed by atoms with E-state index in [0.29, 0.717) is 11.6 Å². The number of nitrogens with one attached hydrogen (secondary N) is 1. The average molecular weight is 323 g/mol. The number of hydrogen-bond acceptors (Lipinski definition) is 5. The van der Waals surface area contributed by atoms with Crippen molar-refractivity contribution in [2.45, 2.75) is 39.7 Å². The summed E-state index contributed by atoms with van der Waals surface area (Å²) in [5.41, 5.74) is 1.78. The number of pyridine rings is 1. The van der Waals surface area contributed by atoms with Crippen molar-refractivity contribution in [3.8, 4) is 5.69 Å². The lowest BCUT2D eigenvalue weighted by molar-refractivity contribution is 0.560. The second-order valence-electron chi connectivity index (χ2n) is 5.67. The van der Waals surface area contributed by atoms with E-state index in [-0.39, 0.29) is 5.92 Å². The Kier molecular flexibility index (Phi) is 4.62. The molecule has 1 atom stereocenters. The van der Waals surface area contributed by atoms with Gasteiger partial charge >= 0.3 is 0 Å². The Labute approximate surface area is 130 Å². The molecule has 1 unspecified atom stereocenters. The zero-order chi connectivity index (χ0) is 16.5. The van der Waals surface area contributed by atoms with Crippen LogP contribution in [0.1, 0.15) is 49.9 Å². The van der Waals surface area contributed by atoms with E-state index in [4.69, 9.17) is 0 Å². The number of sulfonamides is 1. The molecule has 0 aromatic carbocycles. The van der Waals surface area contributed by atoms with E-state index in [9.17, 15) is 8.42 Å². The van der Waals surface area contributed by atoms with Gasteiger partial charge in [0.1, 0.15) is 5.82 Å². The van der Waals surface area contributed by atoms with Crippen LogP contribution in [0, 0.1) is 6.92 Å². The van der Waals surface area contributed by atoms with E-state index in [2.05, 4.69) is 19.8 Å². The molecule has 0 radical (unpaired) electrons. The van der Waals surface area contributed by atoms with E-state index in [1.54, 1.807) is 24.0 Å². The van der Waals surface area contributed by atoms with E-state index in [1.165, 1.54) is 0 Å². The zero-order valence-electron chi connectivity index (χ0n) is 13.4. The Bertz CT molecular complexity index is 767. The minimum absolute atomic E-state index is 0.146. The molecule has 0 amide bonds. The summed E-state index contributed by atoms with van der Waals surface area (Å²) in [7, 11) is -3.34. The summed E-state index contributed by atoms with van der Waals surface area (Å²) in [5.74, 6) is 1.38. The van der Waals surface area contributed by atoms with Crippen molar-refractivity contribution in [3.63, 3.8) is 0 Å². The lowest BCUT2D eigenvalue weighted by Gasteiger charge is -2.14. The van der Waals surface area contributed by atoms with Gasteiger partial charge in [-0.3, -0.25) is 4.98 Å². The highest BCUT2D eigenvalue weighted by Gasteiger charge is 2.22. The van der Waals surface area contributed by atoms with Gasteiger partial charge in [-0.15, -0.1) is 0 Å². The second kappa shape index (κ2) is 6.13. The van der Waals surface area contributed by atoms with Gasteiger partial charge in [0.15, 0.2) is 5.82 Å². The first-order valence-corrected chi connectivity index (χ1v) is 8.93. The summed E-state index contributed by atoms with van der Waals surface area (Å²) in [5, 5.41) is 4.53. The average Bonchev–Trinajstić information content (AvgIpc) is 2.82. The molecule has 0 aliphatic rings. The standard InChI is InChI=1S/C14H21N5O2S/c1-9(2)13-16-14(11(4)18-22(5,20)21)19(17-13)12-6-7-15-8-10(12)3/h6-9,11,18H,1-5H3. The second-order valence-corrected chi connectivity index (χ2v) is 7.45. The first kappa shape index (κ1) is 16.6.